The average Bonchev–Trinajstić information content (AvgIpc) is 2.77. The van der Waals surface area contributed by atoms with E-state index in [0.29, 0.717) is 35.4 Å². The maximum atomic E-state index is 13.7. The molecule has 0 bridgehead atoms. The van der Waals surface area contributed by atoms with Gasteiger partial charge >= 0.3 is 11.9 Å². The van der Waals surface area contributed by atoms with E-state index in [2.05, 4.69) is 5.32 Å². The molecule has 3 rings (SSSR count). The number of nitrogens with one attached hydrogen (secondary N) is 1. The SMILES string of the molecule is CC[C@H](C)OC(=O)C1=C(C)NC2=C(C(=O)[C@@H](C(=O)OC)[C@@H](C)C2)[C@@H]1c1ccc(OC)c(O)c1. The van der Waals surface area contributed by atoms with Crippen LogP contribution in [-0.2, 0) is 23.9 Å². The molecule has 178 valence electrons. The zero-order valence-corrected chi connectivity index (χ0v) is 19.9. The number of esters is 2. The second kappa shape index (κ2) is 9.68. The fourth-order valence-corrected chi connectivity index (χ4v) is 4.50. The number of ether oxygens (including phenoxy) is 3. The Labute approximate surface area is 193 Å². The van der Waals surface area contributed by atoms with Gasteiger partial charge in [0.05, 0.1) is 25.9 Å². The van der Waals surface area contributed by atoms with Crippen molar-refractivity contribution in [3.05, 3.63) is 46.3 Å². The molecule has 1 heterocycles. The molecule has 4 atom stereocenters. The van der Waals surface area contributed by atoms with Crippen molar-refractivity contribution in [2.24, 2.45) is 11.8 Å². The first-order chi connectivity index (χ1) is 15.6. The Morgan fingerprint density at radius 1 is 1.27 bits per heavy atom. The summed E-state index contributed by atoms with van der Waals surface area (Å²) in [4.78, 5) is 39.4. The van der Waals surface area contributed by atoms with Crippen LogP contribution < -0.4 is 10.1 Å². The van der Waals surface area contributed by atoms with Gasteiger partial charge in [0.2, 0.25) is 0 Å². The summed E-state index contributed by atoms with van der Waals surface area (Å²) in [5.41, 5.74) is 2.33. The number of hydrogen-bond acceptors (Lipinski definition) is 8. The summed E-state index contributed by atoms with van der Waals surface area (Å²) < 4.78 is 15.7. The molecule has 0 unspecified atom stereocenters. The highest BCUT2D eigenvalue weighted by atomic mass is 16.5. The molecule has 1 aliphatic carbocycles. The summed E-state index contributed by atoms with van der Waals surface area (Å²) in [6.45, 7) is 7.29. The molecule has 0 saturated heterocycles. The number of benzene rings is 1. The molecule has 0 saturated carbocycles. The van der Waals surface area contributed by atoms with Crippen LogP contribution in [0.1, 0.15) is 52.0 Å². The average molecular weight is 458 g/mol. The minimum atomic E-state index is -0.977. The summed E-state index contributed by atoms with van der Waals surface area (Å²) in [6.07, 6.45) is 0.752. The van der Waals surface area contributed by atoms with Crippen LogP contribution in [0.15, 0.2) is 40.7 Å². The molecule has 2 aliphatic rings. The maximum absolute atomic E-state index is 13.7. The van der Waals surface area contributed by atoms with Crippen molar-refractivity contribution in [2.45, 2.75) is 52.6 Å². The van der Waals surface area contributed by atoms with Gasteiger partial charge in [-0.2, -0.15) is 0 Å². The van der Waals surface area contributed by atoms with Gasteiger partial charge in [-0.1, -0.05) is 19.9 Å². The number of rotatable bonds is 6. The van der Waals surface area contributed by atoms with Crippen molar-refractivity contribution >= 4 is 17.7 Å². The first-order valence-corrected chi connectivity index (χ1v) is 11.0. The third-order valence-electron chi connectivity index (χ3n) is 6.38. The third kappa shape index (κ3) is 4.47. The number of methoxy groups -OCH3 is 2. The molecule has 0 amide bonds. The summed E-state index contributed by atoms with van der Waals surface area (Å²) in [7, 11) is 2.69. The number of Topliss-reactive ketones (excluding diaryl/α,β-unsaturated/α-hetero) is 1. The van der Waals surface area contributed by atoms with Crippen molar-refractivity contribution in [3.8, 4) is 11.5 Å². The largest absolute Gasteiger partial charge is 0.504 e. The van der Waals surface area contributed by atoms with E-state index in [1.807, 2.05) is 13.8 Å². The first-order valence-electron chi connectivity index (χ1n) is 11.0. The molecule has 0 spiro atoms. The Bertz CT molecular complexity index is 1040. The predicted octanol–water partition coefficient (Wildman–Crippen LogP) is 3.36. The van der Waals surface area contributed by atoms with E-state index in [1.54, 1.807) is 26.0 Å². The lowest BCUT2D eigenvalue weighted by molar-refractivity contribution is -0.151. The van der Waals surface area contributed by atoms with E-state index < -0.39 is 29.6 Å². The Hall–Kier alpha value is -3.29. The van der Waals surface area contributed by atoms with Crippen molar-refractivity contribution in [1.29, 1.82) is 0 Å². The van der Waals surface area contributed by atoms with Crippen LogP contribution in [0.2, 0.25) is 0 Å². The topological polar surface area (TPSA) is 111 Å². The molecule has 33 heavy (non-hydrogen) atoms. The molecule has 2 N–H and O–H groups in total. The standard InChI is InChI=1S/C25H31NO7/c1-7-13(3)33-25(30)20-14(4)26-16-10-12(2)19(24(29)32-6)23(28)22(16)21(20)15-8-9-18(31-5)17(27)11-15/h8-9,11-13,19,21,26-27H,7,10H2,1-6H3/t12-,13-,19-,21+/m0/s1. The Balaban J connectivity index is 2.19. The van der Waals surface area contributed by atoms with Gasteiger partial charge in [-0.05, 0) is 50.3 Å². The molecule has 1 aliphatic heterocycles. The fraction of sp³-hybridized carbons (Fsp3) is 0.480. The van der Waals surface area contributed by atoms with Crippen molar-refractivity contribution in [1.82, 2.24) is 5.32 Å². The van der Waals surface area contributed by atoms with Crippen LogP contribution >= 0.6 is 0 Å². The zero-order valence-electron chi connectivity index (χ0n) is 19.9. The molecule has 1 aromatic rings. The number of carbonyl (C=O) groups is 3. The molecule has 8 heteroatoms. The van der Waals surface area contributed by atoms with E-state index in [-0.39, 0.29) is 29.1 Å². The summed E-state index contributed by atoms with van der Waals surface area (Å²) >= 11 is 0. The molecule has 0 fully saturated rings. The van der Waals surface area contributed by atoms with E-state index in [4.69, 9.17) is 14.2 Å². The Morgan fingerprint density at radius 3 is 2.55 bits per heavy atom. The van der Waals surface area contributed by atoms with Gasteiger partial charge in [-0.15, -0.1) is 0 Å². The van der Waals surface area contributed by atoms with Crippen LogP contribution in [0.25, 0.3) is 0 Å². The van der Waals surface area contributed by atoms with Crippen molar-refractivity contribution < 1.29 is 33.7 Å². The molecular formula is C25H31NO7. The van der Waals surface area contributed by atoms with Gasteiger partial charge in [0.25, 0.3) is 0 Å². The van der Waals surface area contributed by atoms with Crippen molar-refractivity contribution in [3.63, 3.8) is 0 Å². The maximum Gasteiger partial charge on any atom is 0.337 e. The predicted molar refractivity (Wildman–Crippen MR) is 120 cm³/mol. The van der Waals surface area contributed by atoms with Crippen LogP contribution in [-0.4, -0.2) is 43.2 Å². The quantitative estimate of drug-likeness (QED) is 0.494. The monoisotopic (exact) mass is 457 g/mol. The smallest absolute Gasteiger partial charge is 0.337 e. The highest BCUT2D eigenvalue weighted by molar-refractivity contribution is 6.12. The normalized spacial score (nSPS) is 23.5. The Kier molecular flexibility index (Phi) is 7.15. The van der Waals surface area contributed by atoms with E-state index >= 15 is 0 Å². The van der Waals surface area contributed by atoms with Crippen LogP contribution in [0, 0.1) is 11.8 Å². The number of phenols is 1. The zero-order chi connectivity index (χ0) is 24.4. The molecule has 1 aromatic carbocycles. The minimum absolute atomic E-state index is 0.121. The van der Waals surface area contributed by atoms with Gasteiger partial charge in [0, 0.05) is 22.9 Å². The highest BCUT2D eigenvalue weighted by Crippen LogP contribution is 2.46. The van der Waals surface area contributed by atoms with Gasteiger partial charge in [-0.25, -0.2) is 4.79 Å². The summed E-state index contributed by atoms with van der Waals surface area (Å²) in [5.74, 6) is -3.48. The lowest BCUT2D eigenvalue weighted by Gasteiger charge is -2.38. The summed E-state index contributed by atoms with van der Waals surface area (Å²) in [5, 5.41) is 13.6. The van der Waals surface area contributed by atoms with E-state index in [1.165, 1.54) is 20.3 Å². The van der Waals surface area contributed by atoms with Crippen LogP contribution in [0.3, 0.4) is 0 Å². The molecular weight excluding hydrogens is 426 g/mol. The molecule has 0 aromatic heterocycles. The first kappa shape index (κ1) is 24.4. The van der Waals surface area contributed by atoms with Crippen LogP contribution in [0.4, 0.5) is 0 Å². The second-order valence-corrected chi connectivity index (χ2v) is 8.59. The number of phenolic OH excluding ortho intramolecular Hbond substituents is 1. The number of ketones is 1. The number of hydrogen-bond donors (Lipinski definition) is 2. The lowest BCUT2D eigenvalue weighted by atomic mass is 9.69. The van der Waals surface area contributed by atoms with Gasteiger partial charge < -0.3 is 24.6 Å². The van der Waals surface area contributed by atoms with Crippen molar-refractivity contribution in [2.75, 3.05) is 14.2 Å². The van der Waals surface area contributed by atoms with Gasteiger partial charge in [0.1, 0.15) is 5.92 Å². The van der Waals surface area contributed by atoms with Gasteiger partial charge in [-0.3, -0.25) is 9.59 Å². The van der Waals surface area contributed by atoms with Gasteiger partial charge in [0.15, 0.2) is 17.3 Å². The minimum Gasteiger partial charge on any atom is -0.504 e. The number of dihydropyridines is 1. The highest BCUT2D eigenvalue weighted by Gasteiger charge is 2.47. The number of carbonyl (C=O) groups excluding carboxylic acids is 3. The summed E-state index contributed by atoms with van der Waals surface area (Å²) in [6, 6.07) is 4.75. The number of allylic oxidation sites excluding steroid dienone is 3. The molecule has 8 nitrogen and oxygen atoms in total. The van der Waals surface area contributed by atoms with E-state index in [9.17, 15) is 19.5 Å². The molecule has 0 radical (unpaired) electrons. The Morgan fingerprint density at radius 2 is 1.97 bits per heavy atom. The van der Waals surface area contributed by atoms with Crippen LogP contribution in [0.5, 0.6) is 11.5 Å². The number of aromatic hydroxyl groups is 1. The fourth-order valence-electron chi connectivity index (χ4n) is 4.50. The lowest BCUT2D eigenvalue weighted by Crippen LogP contribution is -2.43. The second-order valence-electron chi connectivity index (χ2n) is 8.59. The third-order valence-corrected chi connectivity index (χ3v) is 6.38. The van der Waals surface area contributed by atoms with E-state index in [0.717, 1.165) is 0 Å².